The van der Waals surface area contributed by atoms with E-state index in [9.17, 15) is 4.79 Å². The van der Waals surface area contributed by atoms with Gasteiger partial charge in [0.25, 0.3) is 0 Å². The molecule has 30 heavy (non-hydrogen) atoms. The van der Waals surface area contributed by atoms with Gasteiger partial charge in [0, 0.05) is 17.4 Å². The van der Waals surface area contributed by atoms with E-state index in [0.29, 0.717) is 28.5 Å². The van der Waals surface area contributed by atoms with Gasteiger partial charge in [-0.1, -0.05) is 12.1 Å². The monoisotopic (exact) mass is 409 g/mol. The Balaban J connectivity index is 1.97. The van der Waals surface area contributed by atoms with Crippen molar-refractivity contribution in [1.82, 2.24) is 4.98 Å². The van der Waals surface area contributed by atoms with Crippen LogP contribution in [0.2, 0.25) is 0 Å². The number of urea groups is 1. The van der Waals surface area contributed by atoms with Crippen LogP contribution in [-0.2, 0) is 0 Å². The number of anilines is 2. The van der Waals surface area contributed by atoms with Crippen LogP contribution in [0.3, 0.4) is 0 Å². The van der Waals surface area contributed by atoms with Crippen molar-refractivity contribution in [2.75, 3.05) is 10.6 Å². The van der Waals surface area contributed by atoms with Crippen LogP contribution in [0.15, 0.2) is 63.0 Å². The van der Waals surface area contributed by atoms with Gasteiger partial charge in [0.15, 0.2) is 0 Å². The molecule has 1 aromatic carbocycles. The highest BCUT2D eigenvalue weighted by Gasteiger charge is 2.06. The van der Waals surface area contributed by atoms with E-state index in [4.69, 9.17) is 22.9 Å². The fraction of sp³-hybridized carbons (Fsp3) is 0.111. The minimum absolute atomic E-state index is 0.123. The number of rotatable bonds is 6. The summed E-state index contributed by atoms with van der Waals surface area (Å²) in [5.41, 5.74) is 24.3. The first-order valence-corrected chi connectivity index (χ1v) is 8.66. The highest BCUT2D eigenvalue weighted by molar-refractivity contribution is 6.02. The highest BCUT2D eigenvalue weighted by atomic mass is 16.2. The number of benzene rings is 1. The molecule has 0 aliphatic carbocycles. The molecule has 12 nitrogen and oxygen atoms in total. The van der Waals surface area contributed by atoms with Gasteiger partial charge in [-0.2, -0.15) is 10.2 Å². The Bertz CT molecular complexity index is 916. The van der Waals surface area contributed by atoms with Crippen molar-refractivity contribution in [2.45, 2.75) is 13.8 Å². The van der Waals surface area contributed by atoms with E-state index in [1.807, 2.05) is 0 Å². The SMILES string of the molecule is C/C(=N\N=C(N)N)c1ccc(NC(=O)Nc2ccc(/C(C)=N/N=C(N)N)cn2)cc1. The number of nitrogens with two attached hydrogens (primary N) is 4. The number of nitrogens with zero attached hydrogens (tertiary/aromatic N) is 5. The molecule has 0 unspecified atom stereocenters. The average Bonchev–Trinajstić information content (AvgIpc) is 2.71. The summed E-state index contributed by atoms with van der Waals surface area (Å²) in [6, 6.07) is 9.94. The average molecular weight is 409 g/mol. The van der Waals surface area contributed by atoms with Crippen LogP contribution in [0.5, 0.6) is 0 Å². The Morgan fingerprint density at radius 3 is 1.80 bits per heavy atom. The summed E-state index contributed by atoms with van der Waals surface area (Å²) in [5.74, 6) is 0.103. The minimum Gasteiger partial charge on any atom is -0.369 e. The number of hydrogen-bond donors (Lipinski definition) is 6. The molecule has 2 amide bonds. The molecule has 0 aliphatic heterocycles. The molecule has 12 heteroatoms. The number of aromatic nitrogens is 1. The quantitative estimate of drug-likeness (QED) is 0.230. The van der Waals surface area contributed by atoms with Crippen molar-refractivity contribution >= 4 is 40.9 Å². The molecule has 2 rings (SSSR count). The molecular formula is C18H23N11O. The maximum Gasteiger partial charge on any atom is 0.324 e. The van der Waals surface area contributed by atoms with Gasteiger partial charge < -0.3 is 28.3 Å². The van der Waals surface area contributed by atoms with Crippen molar-refractivity contribution in [1.29, 1.82) is 0 Å². The Morgan fingerprint density at radius 2 is 1.30 bits per heavy atom. The first-order chi connectivity index (χ1) is 14.2. The van der Waals surface area contributed by atoms with E-state index < -0.39 is 6.03 Å². The first-order valence-electron chi connectivity index (χ1n) is 8.66. The molecule has 0 fully saturated rings. The molecule has 0 atom stereocenters. The van der Waals surface area contributed by atoms with Gasteiger partial charge in [-0.15, -0.1) is 10.2 Å². The summed E-state index contributed by atoms with van der Waals surface area (Å²) in [4.78, 5) is 16.3. The molecule has 0 spiro atoms. The zero-order valence-electron chi connectivity index (χ0n) is 16.5. The number of hydrogen-bond acceptors (Lipinski definition) is 6. The molecule has 0 bridgehead atoms. The lowest BCUT2D eigenvalue weighted by Crippen LogP contribution is -2.22. The van der Waals surface area contributed by atoms with Gasteiger partial charge in [-0.05, 0) is 43.7 Å². The summed E-state index contributed by atoms with van der Waals surface area (Å²) in [7, 11) is 0. The van der Waals surface area contributed by atoms with Gasteiger partial charge in [0.05, 0.1) is 11.4 Å². The summed E-state index contributed by atoms with van der Waals surface area (Å²) < 4.78 is 0. The smallest absolute Gasteiger partial charge is 0.324 e. The third kappa shape index (κ3) is 6.92. The fourth-order valence-electron chi connectivity index (χ4n) is 2.14. The minimum atomic E-state index is -0.445. The lowest BCUT2D eigenvalue weighted by atomic mass is 10.1. The van der Waals surface area contributed by atoms with Crippen LogP contribution < -0.4 is 33.6 Å². The number of carbonyl (C=O) groups excluding carboxylic acids is 1. The second-order valence-electron chi connectivity index (χ2n) is 6.01. The fourth-order valence-corrected chi connectivity index (χ4v) is 2.14. The number of guanidine groups is 2. The molecular weight excluding hydrogens is 386 g/mol. The Hall–Kier alpha value is -4.48. The predicted molar refractivity (Wildman–Crippen MR) is 119 cm³/mol. The van der Waals surface area contributed by atoms with E-state index in [1.54, 1.807) is 56.4 Å². The molecule has 0 radical (unpaired) electrons. The van der Waals surface area contributed by atoms with Crippen LogP contribution in [0.4, 0.5) is 16.3 Å². The molecule has 1 aromatic heterocycles. The lowest BCUT2D eigenvalue weighted by Gasteiger charge is -2.08. The van der Waals surface area contributed by atoms with Crippen molar-refractivity contribution in [2.24, 2.45) is 43.3 Å². The molecule has 0 saturated heterocycles. The maximum absolute atomic E-state index is 12.2. The van der Waals surface area contributed by atoms with Crippen molar-refractivity contribution in [3.63, 3.8) is 0 Å². The predicted octanol–water partition coefficient (Wildman–Crippen LogP) is 0.720. The van der Waals surface area contributed by atoms with Gasteiger partial charge in [-0.3, -0.25) is 5.32 Å². The second kappa shape index (κ2) is 10.2. The third-order valence-electron chi connectivity index (χ3n) is 3.61. The molecule has 0 aliphatic rings. The van der Waals surface area contributed by atoms with E-state index in [0.717, 1.165) is 5.56 Å². The molecule has 2 aromatic rings. The van der Waals surface area contributed by atoms with E-state index in [2.05, 4.69) is 36.0 Å². The van der Waals surface area contributed by atoms with E-state index in [-0.39, 0.29) is 11.9 Å². The van der Waals surface area contributed by atoms with Crippen LogP contribution in [0, 0.1) is 0 Å². The van der Waals surface area contributed by atoms with E-state index in [1.165, 1.54) is 0 Å². The number of carbonyl (C=O) groups is 1. The number of amides is 2. The maximum atomic E-state index is 12.2. The zero-order chi connectivity index (χ0) is 22.1. The van der Waals surface area contributed by atoms with Crippen LogP contribution in [-0.4, -0.2) is 34.4 Å². The lowest BCUT2D eigenvalue weighted by molar-refractivity contribution is 0.262. The van der Waals surface area contributed by atoms with Gasteiger partial charge in [-0.25, -0.2) is 9.78 Å². The Kier molecular flexibility index (Phi) is 7.40. The third-order valence-corrected chi connectivity index (χ3v) is 3.61. The summed E-state index contributed by atoms with van der Waals surface area (Å²) in [6.45, 7) is 3.50. The van der Waals surface area contributed by atoms with Gasteiger partial charge in [0.2, 0.25) is 11.9 Å². The molecule has 1 heterocycles. The second-order valence-corrected chi connectivity index (χ2v) is 6.01. The zero-order valence-corrected chi connectivity index (χ0v) is 16.5. The molecule has 10 N–H and O–H groups in total. The number of nitrogens with one attached hydrogen (secondary N) is 2. The standard InChI is InChI=1S/C18H23N11O/c1-10(26-28-16(19)20)12-3-6-14(7-4-12)24-18(30)25-15-8-5-13(9-23-15)11(2)27-29-17(21)22/h3-9H,1-2H3,(H4,19,20,28)(H4,21,22,29)(H2,23,24,25,30)/b26-10+,27-11+. The first kappa shape index (κ1) is 21.8. The normalized spacial score (nSPS) is 11.4. The van der Waals surface area contributed by atoms with Crippen LogP contribution in [0.25, 0.3) is 0 Å². The largest absolute Gasteiger partial charge is 0.369 e. The summed E-state index contributed by atoms with van der Waals surface area (Å²) in [5, 5.41) is 20.3. The van der Waals surface area contributed by atoms with Crippen molar-refractivity contribution in [3.8, 4) is 0 Å². The van der Waals surface area contributed by atoms with Crippen LogP contribution in [0.1, 0.15) is 25.0 Å². The Morgan fingerprint density at radius 1 is 0.767 bits per heavy atom. The summed E-state index contributed by atoms with van der Waals surface area (Å²) in [6.07, 6.45) is 1.55. The van der Waals surface area contributed by atoms with Crippen molar-refractivity contribution in [3.05, 3.63) is 53.7 Å². The molecule has 156 valence electrons. The van der Waals surface area contributed by atoms with Crippen molar-refractivity contribution < 1.29 is 4.79 Å². The van der Waals surface area contributed by atoms with Crippen LogP contribution >= 0.6 is 0 Å². The van der Waals surface area contributed by atoms with Gasteiger partial charge in [0.1, 0.15) is 5.82 Å². The van der Waals surface area contributed by atoms with E-state index >= 15 is 0 Å². The molecule has 0 saturated carbocycles. The number of pyridine rings is 1. The topological polar surface area (TPSA) is 208 Å². The van der Waals surface area contributed by atoms with Gasteiger partial charge >= 0.3 is 6.03 Å². The summed E-state index contributed by atoms with van der Waals surface area (Å²) >= 11 is 0. The Labute approximate surface area is 172 Å². The highest BCUT2D eigenvalue weighted by Crippen LogP contribution is 2.12.